The van der Waals surface area contributed by atoms with Crippen molar-refractivity contribution in [2.24, 2.45) is 0 Å². The minimum absolute atomic E-state index is 0.0915. The van der Waals surface area contributed by atoms with E-state index in [0.717, 1.165) is 10.6 Å². The van der Waals surface area contributed by atoms with Crippen LogP contribution in [0, 0.1) is 0 Å². The number of thiazole rings is 1. The van der Waals surface area contributed by atoms with Gasteiger partial charge < -0.3 is 13.9 Å². The summed E-state index contributed by atoms with van der Waals surface area (Å²) < 4.78 is 6.20. The van der Waals surface area contributed by atoms with Crippen molar-refractivity contribution in [1.82, 2.24) is 19.4 Å². The lowest BCUT2D eigenvalue weighted by molar-refractivity contribution is -0.132. The summed E-state index contributed by atoms with van der Waals surface area (Å²) in [5, 5.41) is 3.22. The van der Waals surface area contributed by atoms with Gasteiger partial charge in [0.1, 0.15) is 6.26 Å². The average molecular weight is 415 g/mol. The fourth-order valence-corrected chi connectivity index (χ4v) is 4.04. The smallest absolute Gasteiger partial charge is 0.328 e. The Hall–Kier alpha value is -3.47. The number of nitrogens with zero attached hydrogens (tertiary/aromatic N) is 3. The zero-order valence-electron chi connectivity index (χ0n) is 15.2. The molecule has 0 aromatic carbocycles. The molecule has 0 atom stereocenters. The van der Waals surface area contributed by atoms with E-state index < -0.39 is 11.2 Å². The highest BCUT2D eigenvalue weighted by Crippen LogP contribution is 2.29. The van der Waals surface area contributed by atoms with Gasteiger partial charge >= 0.3 is 5.69 Å². The summed E-state index contributed by atoms with van der Waals surface area (Å²) in [4.78, 5) is 56.7. The Morgan fingerprint density at radius 2 is 2.17 bits per heavy atom. The number of aryl methyl sites for hydroxylation is 1. The molecule has 0 saturated carbocycles. The average Bonchev–Trinajstić information content (AvgIpc) is 3.36. The zero-order chi connectivity index (χ0) is 20.4. The number of aromatic amines is 1. The lowest BCUT2D eigenvalue weighted by Gasteiger charge is -2.26. The van der Waals surface area contributed by atoms with E-state index in [-0.39, 0.29) is 24.8 Å². The van der Waals surface area contributed by atoms with E-state index in [1.807, 2.05) is 0 Å². The van der Waals surface area contributed by atoms with Crippen molar-refractivity contribution < 1.29 is 14.0 Å². The first-order valence-electron chi connectivity index (χ1n) is 8.89. The number of rotatable bonds is 5. The predicted octanol–water partition coefficient (Wildman–Crippen LogP) is 0.813. The second kappa shape index (κ2) is 7.87. The van der Waals surface area contributed by atoms with Crippen molar-refractivity contribution in [2.75, 3.05) is 11.9 Å². The number of aromatic nitrogens is 3. The van der Waals surface area contributed by atoms with Crippen LogP contribution in [0.4, 0.5) is 5.13 Å². The molecule has 1 aliphatic heterocycles. The zero-order valence-corrected chi connectivity index (χ0v) is 16.0. The van der Waals surface area contributed by atoms with Crippen LogP contribution in [0.3, 0.4) is 0 Å². The molecule has 0 unspecified atom stereocenters. The topological polar surface area (TPSA) is 130 Å². The van der Waals surface area contributed by atoms with Crippen LogP contribution in [-0.2, 0) is 24.3 Å². The van der Waals surface area contributed by atoms with Gasteiger partial charge in [0.2, 0.25) is 5.91 Å². The Balaban J connectivity index is 1.37. The molecule has 11 heteroatoms. The van der Waals surface area contributed by atoms with Gasteiger partial charge in [-0.2, -0.15) is 0 Å². The number of carbonyl (C=O) groups excluding carboxylic acids is 2. The van der Waals surface area contributed by atoms with Crippen LogP contribution in [0.1, 0.15) is 27.3 Å². The highest BCUT2D eigenvalue weighted by Gasteiger charge is 2.24. The van der Waals surface area contributed by atoms with Crippen LogP contribution in [0.15, 0.2) is 44.9 Å². The summed E-state index contributed by atoms with van der Waals surface area (Å²) in [7, 11) is 0. The molecule has 2 N–H and O–H groups in total. The van der Waals surface area contributed by atoms with E-state index in [1.54, 1.807) is 11.0 Å². The Kier molecular flexibility index (Phi) is 5.12. The highest BCUT2D eigenvalue weighted by atomic mass is 32.1. The molecule has 10 nitrogen and oxygen atoms in total. The molecule has 0 spiro atoms. The minimum Gasteiger partial charge on any atom is -0.472 e. The molecule has 0 saturated heterocycles. The Morgan fingerprint density at radius 1 is 1.31 bits per heavy atom. The maximum Gasteiger partial charge on any atom is 0.328 e. The summed E-state index contributed by atoms with van der Waals surface area (Å²) in [5.74, 6) is -0.393. The SMILES string of the molecule is O=C(Nc1nc2c(s1)CN(C(=O)CCn1ccc(=O)[nH]c1=O)CC2)c1ccoc1. The minimum atomic E-state index is -0.535. The summed E-state index contributed by atoms with van der Waals surface area (Å²) in [6, 6.07) is 2.81. The molecule has 0 bridgehead atoms. The van der Waals surface area contributed by atoms with Gasteiger partial charge in [-0.1, -0.05) is 11.3 Å². The first-order valence-corrected chi connectivity index (χ1v) is 9.71. The number of carbonyl (C=O) groups is 2. The number of fused-ring (bicyclic) bond motifs is 1. The molecule has 0 radical (unpaired) electrons. The third kappa shape index (κ3) is 4.19. The van der Waals surface area contributed by atoms with Gasteiger partial charge in [-0.05, 0) is 6.07 Å². The fourth-order valence-electron chi connectivity index (χ4n) is 3.02. The number of hydrogen-bond acceptors (Lipinski definition) is 7. The summed E-state index contributed by atoms with van der Waals surface area (Å²) >= 11 is 1.34. The third-order valence-corrected chi connectivity index (χ3v) is 5.55. The fraction of sp³-hybridized carbons (Fsp3) is 0.278. The van der Waals surface area contributed by atoms with Crippen molar-refractivity contribution in [3.8, 4) is 0 Å². The second-order valence-corrected chi connectivity index (χ2v) is 7.56. The lowest BCUT2D eigenvalue weighted by atomic mass is 10.1. The molecular formula is C18H17N5O5S. The van der Waals surface area contributed by atoms with Crippen LogP contribution < -0.4 is 16.6 Å². The number of anilines is 1. The van der Waals surface area contributed by atoms with Gasteiger partial charge in [-0.15, -0.1) is 0 Å². The van der Waals surface area contributed by atoms with Crippen LogP contribution >= 0.6 is 11.3 Å². The molecular weight excluding hydrogens is 398 g/mol. The van der Waals surface area contributed by atoms with Crippen LogP contribution in [0.5, 0.6) is 0 Å². The van der Waals surface area contributed by atoms with Gasteiger partial charge in [0.15, 0.2) is 5.13 Å². The van der Waals surface area contributed by atoms with E-state index >= 15 is 0 Å². The largest absolute Gasteiger partial charge is 0.472 e. The van der Waals surface area contributed by atoms with Gasteiger partial charge in [0, 0.05) is 43.1 Å². The number of hydrogen-bond donors (Lipinski definition) is 2. The van der Waals surface area contributed by atoms with Crippen LogP contribution in [0.2, 0.25) is 0 Å². The number of amides is 2. The normalized spacial score (nSPS) is 13.2. The first kappa shape index (κ1) is 18.9. The number of nitrogens with one attached hydrogen (secondary N) is 2. The van der Waals surface area contributed by atoms with E-state index in [4.69, 9.17) is 4.42 Å². The highest BCUT2D eigenvalue weighted by molar-refractivity contribution is 7.15. The third-order valence-electron chi connectivity index (χ3n) is 4.55. The van der Waals surface area contributed by atoms with E-state index in [1.165, 1.54) is 40.7 Å². The molecule has 1 aliphatic rings. The molecule has 150 valence electrons. The van der Waals surface area contributed by atoms with Crippen LogP contribution in [0.25, 0.3) is 0 Å². The number of H-pyrrole nitrogens is 1. The molecule has 3 aromatic heterocycles. The quantitative estimate of drug-likeness (QED) is 0.634. The Morgan fingerprint density at radius 3 is 2.93 bits per heavy atom. The predicted molar refractivity (Wildman–Crippen MR) is 104 cm³/mol. The summed E-state index contributed by atoms with van der Waals surface area (Å²) in [6.45, 7) is 1.12. The monoisotopic (exact) mass is 415 g/mol. The lowest BCUT2D eigenvalue weighted by Crippen LogP contribution is -2.37. The van der Waals surface area contributed by atoms with Crippen molar-refractivity contribution in [3.05, 3.63) is 67.8 Å². The standard InChI is InChI=1S/C18H17N5O5S/c24-14-2-6-22(18(27)20-14)7-3-15(25)23-5-1-12-13(9-23)29-17(19-12)21-16(26)11-4-8-28-10-11/h2,4,6,8,10H,1,3,5,7,9H2,(H,19,21,26)(H,20,24,27). The molecule has 0 aliphatic carbocycles. The molecule has 2 amide bonds. The van der Waals surface area contributed by atoms with Gasteiger partial charge in [0.05, 0.1) is 24.1 Å². The molecule has 4 rings (SSSR count). The maximum absolute atomic E-state index is 12.5. The van der Waals surface area contributed by atoms with Crippen molar-refractivity contribution in [1.29, 1.82) is 0 Å². The molecule has 3 aromatic rings. The Bertz CT molecular complexity index is 1160. The van der Waals surface area contributed by atoms with Gasteiger partial charge in [0.25, 0.3) is 11.5 Å². The molecule has 4 heterocycles. The summed E-state index contributed by atoms with van der Waals surface area (Å²) in [6.07, 6.45) is 4.90. The van der Waals surface area contributed by atoms with E-state index in [2.05, 4.69) is 15.3 Å². The maximum atomic E-state index is 12.5. The molecule has 29 heavy (non-hydrogen) atoms. The molecule has 0 fully saturated rings. The van der Waals surface area contributed by atoms with Crippen molar-refractivity contribution in [2.45, 2.75) is 25.9 Å². The van der Waals surface area contributed by atoms with Crippen LogP contribution in [-0.4, -0.2) is 37.8 Å². The second-order valence-electron chi connectivity index (χ2n) is 6.47. The van der Waals surface area contributed by atoms with Gasteiger partial charge in [-0.3, -0.25) is 24.7 Å². The van der Waals surface area contributed by atoms with Crippen molar-refractivity contribution >= 4 is 28.3 Å². The van der Waals surface area contributed by atoms with E-state index in [9.17, 15) is 19.2 Å². The summed E-state index contributed by atoms with van der Waals surface area (Å²) in [5.41, 5.74) is 0.277. The van der Waals surface area contributed by atoms with Gasteiger partial charge in [-0.25, -0.2) is 9.78 Å². The van der Waals surface area contributed by atoms with E-state index in [0.29, 0.717) is 30.2 Å². The Labute approximate surface area is 167 Å². The number of furan rings is 1. The van der Waals surface area contributed by atoms with Crippen molar-refractivity contribution in [3.63, 3.8) is 0 Å². The first-order chi connectivity index (χ1) is 14.0.